The van der Waals surface area contributed by atoms with Crippen LogP contribution in [0.5, 0.6) is 0 Å². The molecule has 0 saturated heterocycles. The Labute approximate surface area is 103 Å². The van der Waals surface area contributed by atoms with Gasteiger partial charge in [-0.15, -0.1) is 0 Å². The average molecular weight is 229 g/mol. The average Bonchev–Trinajstić information content (AvgIpc) is 2.69. The number of rotatable bonds is 3. The van der Waals surface area contributed by atoms with Crippen LogP contribution in [0.15, 0.2) is 24.3 Å². The second-order valence-corrected chi connectivity index (χ2v) is 5.20. The molecule has 2 nitrogen and oxygen atoms in total. The standard InChI is InChI=1S/C15H19NO/c1-3-9-14(2,17)15(11-16)10-8-12-6-4-5-7-13(12)15/h4-7,17H,3,8-10H2,1-2H3. The third-order valence-electron chi connectivity index (χ3n) is 4.09. The quantitative estimate of drug-likeness (QED) is 0.866. The van der Waals surface area contributed by atoms with Crippen LogP contribution in [0.4, 0.5) is 0 Å². The van der Waals surface area contributed by atoms with Crippen LogP contribution >= 0.6 is 0 Å². The molecule has 1 aliphatic carbocycles. The molecule has 2 rings (SSSR count). The zero-order valence-electron chi connectivity index (χ0n) is 10.5. The summed E-state index contributed by atoms with van der Waals surface area (Å²) >= 11 is 0. The van der Waals surface area contributed by atoms with Crippen molar-refractivity contribution in [2.45, 2.75) is 50.5 Å². The van der Waals surface area contributed by atoms with Gasteiger partial charge in [0.1, 0.15) is 5.41 Å². The van der Waals surface area contributed by atoms with Gasteiger partial charge >= 0.3 is 0 Å². The Hall–Kier alpha value is -1.33. The normalized spacial score (nSPS) is 26.0. The van der Waals surface area contributed by atoms with Crippen LogP contribution in [0.1, 0.15) is 44.2 Å². The molecule has 2 heteroatoms. The molecule has 2 atom stereocenters. The van der Waals surface area contributed by atoms with Crippen molar-refractivity contribution in [1.82, 2.24) is 0 Å². The van der Waals surface area contributed by atoms with Crippen LogP contribution in [-0.2, 0) is 11.8 Å². The number of nitrogens with zero attached hydrogens (tertiary/aromatic N) is 1. The highest BCUT2D eigenvalue weighted by atomic mass is 16.3. The second-order valence-electron chi connectivity index (χ2n) is 5.20. The number of fused-ring (bicyclic) bond motifs is 1. The summed E-state index contributed by atoms with van der Waals surface area (Å²) in [5.74, 6) is 0. The molecule has 1 N–H and O–H groups in total. The lowest BCUT2D eigenvalue weighted by Gasteiger charge is -2.38. The topological polar surface area (TPSA) is 44.0 Å². The number of hydrogen-bond donors (Lipinski definition) is 1. The van der Waals surface area contributed by atoms with E-state index in [-0.39, 0.29) is 0 Å². The van der Waals surface area contributed by atoms with Crippen molar-refractivity contribution in [1.29, 1.82) is 5.26 Å². The summed E-state index contributed by atoms with van der Waals surface area (Å²) in [6, 6.07) is 10.4. The fraction of sp³-hybridized carbons (Fsp3) is 0.533. The van der Waals surface area contributed by atoms with Gasteiger partial charge in [-0.05, 0) is 37.3 Å². The zero-order valence-corrected chi connectivity index (χ0v) is 10.5. The molecule has 0 aliphatic heterocycles. The smallest absolute Gasteiger partial charge is 0.111 e. The summed E-state index contributed by atoms with van der Waals surface area (Å²) in [6.07, 6.45) is 3.17. The van der Waals surface area contributed by atoms with Crippen LogP contribution < -0.4 is 0 Å². The van der Waals surface area contributed by atoms with Gasteiger partial charge in [0.15, 0.2) is 0 Å². The maximum Gasteiger partial charge on any atom is 0.111 e. The van der Waals surface area contributed by atoms with Crippen molar-refractivity contribution in [3.63, 3.8) is 0 Å². The van der Waals surface area contributed by atoms with E-state index in [1.807, 2.05) is 32.0 Å². The Bertz CT molecular complexity index is 458. The van der Waals surface area contributed by atoms with Gasteiger partial charge in [0, 0.05) is 0 Å². The predicted octanol–water partition coefficient (Wildman–Crippen LogP) is 2.95. The van der Waals surface area contributed by atoms with Crippen molar-refractivity contribution < 1.29 is 5.11 Å². The molecular formula is C15H19NO. The molecular weight excluding hydrogens is 210 g/mol. The van der Waals surface area contributed by atoms with E-state index in [0.29, 0.717) is 6.42 Å². The fourth-order valence-corrected chi connectivity index (χ4v) is 3.11. The summed E-state index contributed by atoms with van der Waals surface area (Å²) in [6.45, 7) is 3.85. The van der Waals surface area contributed by atoms with E-state index in [1.54, 1.807) is 0 Å². The second kappa shape index (κ2) is 4.16. The van der Waals surface area contributed by atoms with Gasteiger partial charge in [-0.25, -0.2) is 0 Å². The Balaban J connectivity index is 2.52. The van der Waals surface area contributed by atoms with Crippen LogP contribution in [0.3, 0.4) is 0 Å². The number of hydrogen-bond acceptors (Lipinski definition) is 2. The first-order chi connectivity index (χ1) is 8.07. The van der Waals surface area contributed by atoms with E-state index < -0.39 is 11.0 Å². The highest BCUT2D eigenvalue weighted by Crippen LogP contribution is 2.47. The van der Waals surface area contributed by atoms with Crippen molar-refractivity contribution in [3.8, 4) is 6.07 Å². The van der Waals surface area contributed by atoms with Gasteiger partial charge in [-0.3, -0.25) is 0 Å². The molecule has 1 aliphatic rings. The van der Waals surface area contributed by atoms with Gasteiger partial charge in [-0.1, -0.05) is 37.6 Å². The van der Waals surface area contributed by atoms with E-state index in [4.69, 9.17) is 0 Å². The molecule has 0 fully saturated rings. The number of benzene rings is 1. The van der Waals surface area contributed by atoms with Crippen LogP contribution in [0, 0.1) is 11.3 Å². The van der Waals surface area contributed by atoms with Crippen molar-refractivity contribution in [2.24, 2.45) is 0 Å². The van der Waals surface area contributed by atoms with E-state index in [9.17, 15) is 10.4 Å². The SMILES string of the molecule is CCCC(C)(O)C1(C#N)CCc2ccccc21. The summed E-state index contributed by atoms with van der Waals surface area (Å²) in [4.78, 5) is 0. The van der Waals surface area contributed by atoms with Crippen LogP contribution in [0.2, 0.25) is 0 Å². The summed E-state index contributed by atoms with van der Waals surface area (Å²) in [5.41, 5.74) is 0.578. The lowest BCUT2D eigenvalue weighted by Crippen LogP contribution is -2.47. The molecule has 0 saturated carbocycles. The molecule has 0 heterocycles. The number of aryl methyl sites for hydroxylation is 1. The largest absolute Gasteiger partial charge is 0.388 e. The lowest BCUT2D eigenvalue weighted by atomic mass is 9.68. The van der Waals surface area contributed by atoms with Crippen molar-refractivity contribution >= 4 is 0 Å². The Morgan fingerprint density at radius 1 is 1.47 bits per heavy atom. The number of aliphatic hydroxyl groups is 1. The monoisotopic (exact) mass is 229 g/mol. The van der Waals surface area contributed by atoms with Gasteiger partial charge in [-0.2, -0.15) is 5.26 Å². The third kappa shape index (κ3) is 1.66. The third-order valence-corrected chi connectivity index (χ3v) is 4.09. The van der Waals surface area contributed by atoms with E-state index in [2.05, 4.69) is 12.1 Å². The predicted molar refractivity (Wildman–Crippen MR) is 67.6 cm³/mol. The van der Waals surface area contributed by atoms with Gasteiger partial charge in [0.05, 0.1) is 11.7 Å². The molecule has 0 amide bonds. The van der Waals surface area contributed by atoms with Gasteiger partial charge < -0.3 is 5.11 Å². The maximum atomic E-state index is 10.7. The molecule has 0 aromatic heterocycles. The Morgan fingerprint density at radius 3 is 2.82 bits per heavy atom. The maximum absolute atomic E-state index is 10.7. The first-order valence-corrected chi connectivity index (χ1v) is 6.29. The minimum Gasteiger partial charge on any atom is -0.388 e. The molecule has 1 aromatic rings. The molecule has 17 heavy (non-hydrogen) atoms. The molecule has 1 aromatic carbocycles. The van der Waals surface area contributed by atoms with Gasteiger partial charge in [0.25, 0.3) is 0 Å². The first-order valence-electron chi connectivity index (χ1n) is 6.29. The van der Waals surface area contributed by atoms with E-state index >= 15 is 0 Å². The lowest BCUT2D eigenvalue weighted by molar-refractivity contribution is -0.00760. The molecule has 0 spiro atoms. The fourth-order valence-electron chi connectivity index (χ4n) is 3.11. The minimum absolute atomic E-state index is 0.662. The minimum atomic E-state index is -0.941. The molecule has 0 radical (unpaired) electrons. The highest BCUT2D eigenvalue weighted by Gasteiger charge is 2.51. The summed E-state index contributed by atoms with van der Waals surface area (Å²) in [7, 11) is 0. The molecule has 0 bridgehead atoms. The molecule has 2 unspecified atom stereocenters. The summed E-state index contributed by atoms with van der Waals surface area (Å²) < 4.78 is 0. The van der Waals surface area contributed by atoms with Crippen molar-refractivity contribution in [2.75, 3.05) is 0 Å². The Morgan fingerprint density at radius 2 is 2.18 bits per heavy atom. The number of nitriles is 1. The highest BCUT2D eigenvalue weighted by molar-refractivity contribution is 5.47. The van der Waals surface area contributed by atoms with E-state index in [1.165, 1.54) is 5.56 Å². The first kappa shape index (κ1) is 12.1. The Kier molecular flexibility index (Phi) is 2.97. The zero-order chi connectivity index (χ0) is 12.5. The van der Waals surface area contributed by atoms with E-state index in [0.717, 1.165) is 24.8 Å². The van der Waals surface area contributed by atoms with Crippen LogP contribution in [-0.4, -0.2) is 10.7 Å². The van der Waals surface area contributed by atoms with Gasteiger partial charge in [0.2, 0.25) is 0 Å². The summed E-state index contributed by atoms with van der Waals surface area (Å²) in [5, 5.41) is 20.3. The van der Waals surface area contributed by atoms with Crippen LogP contribution in [0.25, 0.3) is 0 Å². The molecule has 90 valence electrons. The van der Waals surface area contributed by atoms with Crippen molar-refractivity contribution in [3.05, 3.63) is 35.4 Å².